The Morgan fingerprint density at radius 1 is 1.17 bits per heavy atom. The van der Waals surface area contributed by atoms with E-state index in [0.717, 1.165) is 47.6 Å². The normalized spacial score (nSPS) is 16.2. The molecule has 0 bridgehead atoms. The molecule has 3 N–H and O–H groups in total. The Bertz CT molecular complexity index is 1340. The van der Waals surface area contributed by atoms with Crippen molar-refractivity contribution in [3.05, 3.63) is 54.1 Å². The molecular weight excluding hydrogens is 445 g/mol. The number of fused-ring (bicyclic) bond motifs is 1. The number of nitrogens with zero attached hydrogens (tertiary/aromatic N) is 4. The number of rotatable bonds is 6. The van der Waals surface area contributed by atoms with Gasteiger partial charge in [0.2, 0.25) is 5.88 Å². The molecule has 1 fully saturated rings. The van der Waals surface area contributed by atoms with E-state index in [9.17, 15) is 4.39 Å². The number of benzene rings is 1. The summed E-state index contributed by atoms with van der Waals surface area (Å²) in [5.41, 5.74) is 4.39. The van der Waals surface area contributed by atoms with Crippen LogP contribution in [0.2, 0.25) is 0 Å². The Morgan fingerprint density at radius 3 is 2.69 bits per heavy atom. The molecule has 1 saturated heterocycles. The van der Waals surface area contributed by atoms with Gasteiger partial charge < -0.3 is 25.3 Å². The van der Waals surface area contributed by atoms with Crippen molar-refractivity contribution in [3.63, 3.8) is 0 Å². The highest BCUT2D eigenvalue weighted by Gasteiger charge is 2.24. The molecule has 0 amide bonds. The highest BCUT2D eigenvalue weighted by molar-refractivity contribution is 6.01. The summed E-state index contributed by atoms with van der Waals surface area (Å²) in [7, 11) is 1.60. The first kappa shape index (κ1) is 23.0. The van der Waals surface area contributed by atoms with E-state index < -0.39 is 0 Å². The van der Waals surface area contributed by atoms with Crippen LogP contribution < -0.4 is 20.3 Å². The van der Waals surface area contributed by atoms with Crippen LogP contribution in [0, 0.1) is 5.82 Å². The van der Waals surface area contributed by atoms with Crippen molar-refractivity contribution in [2.75, 3.05) is 37.0 Å². The number of ether oxygens (including phenoxy) is 1. The van der Waals surface area contributed by atoms with Crippen LogP contribution in [-0.4, -0.2) is 52.7 Å². The molecule has 3 aromatic heterocycles. The van der Waals surface area contributed by atoms with Crippen molar-refractivity contribution < 1.29 is 9.13 Å². The average molecular weight is 476 g/mol. The molecule has 0 radical (unpaired) electrons. The third-order valence-corrected chi connectivity index (χ3v) is 6.40. The monoisotopic (exact) mass is 475 g/mol. The summed E-state index contributed by atoms with van der Waals surface area (Å²) in [4.78, 5) is 19.8. The highest BCUT2D eigenvalue weighted by atomic mass is 19.1. The molecule has 0 saturated carbocycles. The highest BCUT2D eigenvalue weighted by Crippen LogP contribution is 2.38. The minimum atomic E-state index is -0.306. The van der Waals surface area contributed by atoms with Gasteiger partial charge in [-0.1, -0.05) is 13.8 Å². The minimum absolute atomic E-state index is 0.103. The minimum Gasteiger partial charge on any atom is -0.481 e. The molecule has 0 aliphatic carbocycles. The molecule has 8 nitrogen and oxygen atoms in total. The first-order valence-corrected chi connectivity index (χ1v) is 11.9. The Labute approximate surface area is 204 Å². The van der Waals surface area contributed by atoms with Crippen molar-refractivity contribution in [2.45, 2.75) is 32.7 Å². The van der Waals surface area contributed by atoms with Crippen LogP contribution in [0.3, 0.4) is 0 Å². The van der Waals surface area contributed by atoms with Gasteiger partial charge in [-0.2, -0.15) is 4.98 Å². The van der Waals surface area contributed by atoms with E-state index in [-0.39, 0.29) is 11.7 Å². The van der Waals surface area contributed by atoms with E-state index >= 15 is 0 Å². The second kappa shape index (κ2) is 9.50. The zero-order valence-corrected chi connectivity index (χ0v) is 20.4. The molecule has 4 aromatic rings. The molecule has 182 valence electrons. The molecule has 1 aromatic carbocycles. The Hall–Kier alpha value is -3.72. The van der Waals surface area contributed by atoms with Crippen LogP contribution >= 0.6 is 0 Å². The molecule has 5 rings (SSSR count). The fourth-order valence-electron chi connectivity index (χ4n) is 4.64. The van der Waals surface area contributed by atoms with Crippen LogP contribution in [0.4, 0.5) is 21.6 Å². The topological polar surface area (TPSA) is 91.0 Å². The van der Waals surface area contributed by atoms with Crippen LogP contribution in [0.25, 0.3) is 22.4 Å². The molecule has 1 atom stereocenters. The number of hydrogen-bond donors (Lipinski definition) is 3. The third kappa shape index (κ3) is 4.39. The van der Waals surface area contributed by atoms with E-state index in [1.807, 2.05) is 12.3 Å². The number of methoxy groups -OCH3 is 1. The summed E-state index contributed by atoms with van der Waals surface area (Å²) >= 11 is 0. The number of piperazine rings is 1. The summed E-state index contributed by atoms with van der Waals surface area (Å²) in [6.45, 7) is 9.15. The van der Waals surface area contributed by atoms with Crippen molar-refractivity contribution in [2.24, 2.45) is 0 Å². The lowest BCUT2D eigenvalue weighted by molar-refractivity contribution is 0.390. The van der Waals surface area contributed by atoms with E-state index in [4.69, 9.17) is 9.72 Å². The quantitative estimate of drug-likeness (QED) is 0.368. The number of aromatic nitrogens is 4. The third-order valence-electron chi connectivity index (χ3n) is 6.40. The number of H-pyrrole nitrogens is 1. The smallest absolute Gasteiger partial charge is 0.222 e. The van der Waals surface area contributed by atoms with E-state index in [2.05, 4.69) is 51.3 Å². The predicted octanol–water partition coefficient (Wildman–Crippen LogP) is 4.83. The maximum absolute atomic E-state index is 13.5. The first-order chi connectivity index (χ1) is 17.0. The molecule has 1 aliphatic heterocycles. The number of anilines is 3. The summed E-state index contributed by atoms with van der Waals surface area (Å²) < 4.78 is 19.2. The second-order valence-electron chi connectivity index (χ2n) is 9.11. The van der Waals surface area contributed by atoms with Gasteiger partial charge in [-0.15, -0.1) is 0 Å². The zero-order chi connectivity index (χ0) is 24.5. The van der Waals surface area contributed by atoms with E-state index in [1.165, 1.54) is 12.1 Å². The zero-order valence-electron chi connectivity index (χ0n) is 20.4. The standard InChI is InChI=1S/C26H30FN7O/c1-15(2)21-25(32-23(33-26(21)35-4)17-5-7-18(27)8-6-17)31-19-9-10-29-24-22(19)20(14-30-24)34-12-11-28-13-16(34)3/h5-10,14-16,28H,11-13H2,1-4H3,(H2,29,30,31,32,33). The van der Waals surface area contributed by atoms with Crippen molar-refractivity contribution >= 4 is 28.2 Å². The summed E-state index contributed by atoms with van der Waals surface area (Å²) in [5.74, 6) is 1.40. The van der Waals surface area contributed by atoms with E-state index in [1.54, 1.807) is 25.4 Å². The van der Waals surface area contributed by atoms with Crippen molar-refractivity contribution in [1.82, 2.24) is 25.3 Å². The van der Waals surface area contributed by atoms with Crippen LogP contribution in [0.5, 0.6) is 5.88 Å². The van der Waals surface area contributed by atoms with Gasteiger partial charge in [0.1, 0.15) is 17.3 Å². The lowest BCUT2D eigenvalue weighted by atomic mass is 10.0. The Balaban J connectivity index is 1.64. The Kier molecular flexibility index (Phi) is 6.25. The second-order valence-corrected chi connectivity index (χ2v) is 9.11. The van der Waals surface area contributed by atoms with Gasteiger partial charge in [0.15, 0.2) is 5.82 Å². The Morgan fingerprint density at radius 2 is 1.97 bits per heavy atom. The predicted molar refractivity (Wildman–Crippen MR) is 137 cm³/mol. The first-order valence-electron chi connectivity index (χ1n) is 11.9. The lowest BCUT2D eigenvalue weighted by Crippen LogP contribution is -2.49. The number of nitrogens with one attached hydrogen (secondary N) is 3. The molecular formula is C26H30FN7O. The molecule has 35 heavy (non-hydrogen) atoms. The molecule has 0 spiro atoms. The molecule has 1 unspecified atom stereocenters. The molecule has 4 heterocycles. The maximum Gasteiger partial charge on any atom is 0.222 e. The number of halogens is 1. The molecule has 9 heteroatoms. The fraction of sp³-hybridized carbons (Fsp3) is 0.346. The largest absolute Gasteiger partial charge is 0.481 e. The summed E-state index contributed by atoms with van der Waals surface area (Å²) in [5, 5.41) is 8.03. The summed E-state index contributed by atoms with van der Waals surface area (Å²) in [6, 6.07) is 8.46. The SMILES string of the molecule is COc1nc(-c2ccc(F)cc2)nc(Nc2ccnc3[nH]cc(N4CCNCC4C)c23)c1C(C)C. The fourth-order valence-corrected chi connectivity index (χ4v) is 4.64. The lowest BCUT2D eigenvalue weighted by Gasteiger charge is -2.35. The van der Waals surface area contributed by atoms with Crippen LogP contribution in [-0.2, 0) is 0 Å². The number of hydrogen-bond acceptors (Lipinski definition) is 7. The van der Waals surface area contributed by atoms with Gasteiger partial charge in [0.25, 0.3) is 0 Å². The maximum atomic E-state index is 13.5. The summed E-state index contributed by atoms with van der Waals surface area (Å²) in [6.07, 6.45) is 3.80. The van der Waals surface area contributed by atoms with Crippen molar-refractivity contribution in [1.29, 1.82) is 0 Å². The van der Waals surface area contributed by atoms with Gasteiger partial charge in [-0.25, -0.2) is 14.4 Å². The van der Waals surface area contributed by atoms with Gasteiger partial charge in [0.05, 0.1) is 29.4 Å². The van der Waals surface area contributed by atoms with Gasteiger partial charge in [-0.3, -0.25) is 0 Å². The molecule has 1 aliphatic rings. The van der Waals surface area contributed by atoms with Gasteiger partial charge in [-0.05, 0) is 43.2 Å². The van der Waals surface area contributed by atoms with Crippen LogP contribution in [0.1, 0.15) is 32.3 Å². The van der Waals surface area contributed by atoms with Crippen molar-refractivity contribution in [3.8, 4) is 17.3 Å². The van der Waals surface area contributed by atoms with Gasteiger partial charge >= 0.3 is 0 Å². The van der Waals surface area contributed by atoms with Crippen LogP contribution in [0.15, 0.2) is 42.7 Å². The van der Waals surface area contributed by atoms with E-state index in [0.29, 0.717) is 29.1 Å². The van der Waals surface area contributed by atoms with Gasteiger partial charge in [0, 0.05) is 43.6 Å². The number of pyridine rings is 1. The average Bonchev–Trinajstić information content (AvgIpc) is 3.29. The number of aromatic amines is 1.